The third-order valence-electron chi connectivity index (χ3n) is 2.93. The highest BCUT2D eigenvalue weighted by molar-refractivity contribution is 8.01. The minimum absolute atomic E-state index is 0.456. The SMILES string of the molecule is FC(F)(F)c1ccc(Sc2nnc(N3CCOCC3)s2)nc1. The minimum atomic E-state index is -4.37. The van der Waals surface area contributed by atoms with E-state index in [9.17, 15) is 13.2 Å². The fourth-order valence-corrected chi connectivity index (χ4v) is 3.60. The summed E-state index contributed by atoms with van der Waals surface area (Å²) in [5.74, 6) is 0. The van der Waals surface area contributed by atoms with Crippen molar-refractivity contribution in [2.24, 2.45) is 0 Å². The molecule has 0 saturated carbocycles. The number of anilines is 1. The molecule has 118 valence electrons. The second-order valence-corrected chi connectivity index (χ2v) is 6.66. The van der Waals surface area contributed by atoms with Crippen LogP contribution in [-0.2, 0) is 10.9 Å². The quantitative estimate of drug-likeness (QED) is 0.850. The molecule has 3 rings (SSSR count). The average molecular weight is 348 g/mol. The Hall–Kier alpha value is -1.39. The van der Waals surface area contributed by atoms with E-state index in [0.717, 1.165) is 30.5 Å². The number of morpholine rings is 1. The highest BCUT2D eigenvalue weighted by atomic mass is 32.2. The first-order valence-electron chi connectivity index (χ1n) is 6.40. The van der Waals surface area contributed by atoms with Crippen LogP contribution in [0.15, 0.2) is 27.7 Å². The first-order chi connectivity index (χ1) is 10.5. The van der Waals surface area contributed by atoms with Gasteiger partial charge in [0, 0.05) is 19.3 Å². The van der Waals surface area contributed by atoms with Crippen molar-refractivity contribution in [1.29, 1.82) is 0 Å². The summed E-state index contributed by atoms with van der Waals surface area (Å²) >= 11 is 2.59. The van der Waals surface area contributed by atoms with E-state index in [4.69, 9.17) is 4.74 Å². The first-order valence-corrected chi connectivity index (χ1v) is 8.03. The second kappa shape index (κ2) is 6.39. The molecule has 5 nitrogen and oxygen atoms in total. The maximum Gasteiger partial charge on any atom is 0.417 e. The predicted octanol–water partition coefficient (Wildman–Crippen LogP) is 2.94. The van der Waals surface area contributed by atoms with Gasteiger partial charge in [-0.1, -0.05) is 11.3 Å². The van der Waals surface area contributed by atoms with E-state index in [-0.39, 0.29) is 0 Å². The standard InChI is InChI=1S/C12H11F3N4OS2/c13-12(14,15)8-1-2-9(16-7-8)21-11-18-17-10(22-11)19-3-5-20-6-4-19/h1-2,7H,3-6H2. The van der Waals surface area contributed by atoms with Gasteiger partial charge in [-0.15, -0.1) is 10.2 Å². The van der Waals surface area contributed by atoms with Gasteiger partial charge >= 0.3 is 6.18 Å². The maximum absolute atomic E-state index is 12.5. The molecule has 0 bridgehead atoms. The van der Waals surface area contributed by atoms with Gasteiger partial charge in [0.2, 0.25) is 5.13 Å². The Morgan fingerprint density at radius 3 is 2.59 bits per heavy atom. The number of ether oxygens (including phenoxy) is 1. The van der Waals surface area contributed by atoms with Gasteiger partial charge in [0.05, 0.1) is 18.8 Å². The highest BCUT2D eigenvalue weighted by Crippen LogP contribution is 2.34. The molecule has 0 unspecified atom stereocenters. The Morgan fingerprint density at radius 1 is 1.18 bits per heavy atom. The average Bonchev–Trinajstić information content (AvgIpc) is 2.96. The van der Waals surface area contributed by atoms with Crippen LogP contribution in [0.25, 0.3) is 0 Å². The minimum Gasteiger partial charge on any atom is -0.378 e. The predicted molar refractivity (Wildman–Crippen MR) is 76.3 cm³/mol. The van der Waals surface area contributed by atoms with E-state index >= 15 is 0 Å². The van der Waals surface area contributed by atoms with Crippen LogP contribution in [-0.4, -0.2) is 41.5 Å². The van der Waals surface area contributed by atoms with Gasteiger partial charge in [-0.2, -0.15) is 13.2 Å². The molecular weight excluding hydrogens is 337 g/mol. The molecule has 2 aromatic heterocycles. The molecule has 1 saturated heterocycles. The van der Waals surface area contributed by atoms with Crippen molar-refractivity contribution in [3.05, 3.63) is 23.9 Å². The third-order valence-corrected chi connectivity index (χ3v) is 4.92. The number of aromatic nitrogens is 3. The van der Waals surface area contributed by atoms with E-state index in [1.54, 1.807) is 0 Å². The van der Waals surface area contributed by atoms with Crippen molar-refractivity contribution in [3.8, 4) is 0 Å². The molecule has 1 fully saturated rings. The number of rotatable bonds is 3. The molecule has 10 heteroatoms. The molecule has 0 aliphatic carbocycles. The van der Waals surface area contributed by atoms with Crippen LogP contribution in [0.1, 0.15) is 5.56 Å². The van der Waals surface area contributed by atoms with Crippen LogP contribution >= 0.6 is 23.1 Å². The molecule has 0 amide bonds. The zero-order valence-electron chi connectivity index (χ0n) is 11.2. The van der Waals surface area contributed by atoms with E-state index in [1.165, 1.54) is 29.2 Å². The zero-order valence-corrected chi connectivity index (χ0v) is 12.8. The van der Waals surface area contributed by atoms with Gasteiger partial charge in [0.15, 0.2) is 4.34 Å². The number of hydrogen-bond donors (Lipinski definition) is 0. The Morgan fingerprint density at radius 2 is 1.95 bits per heavy atom. The largest absolute Gasteiger partial charge is 0.417 e. The lowest BCUT2D eigenvalue weighted by atomic mass is 10.3. The van der Waals surface area contributed by atoms with Gasteiger partial charge in [-0.25, -0.2) is 4.98 Å². The van der Waals surface area contributed by atoms with Gasteiger partial charge < -0.3 is 9.64 Å². The number of alkyl halides is 3. The number of halogens is 3. The van der Waals surface area contributed by atoms with Crippen molar-refractivity contribution in [3.63, 3.8) is 0 Å². The van der Waals surface area contributed by atoms with Gasteiger partial charge in [-0.3, -0.25) is 0 Å². The van der Waals surface area contributed by atoms with Crippen LogP contribution in [0.5, 0.6) is 0 Å². The fraction of sp³-hybridized carbons (Fsp3) is 0.417. The first kappa shape index (κ1) is 15.5. The summed E-state index contributed by atoms with van der Waals surface area (Å²) in [6, 6.07) is 2.35. The molecule has 0 spiro atoms. The fourth-order valence-electron chi connectivity index (χ4n) is 1.82. The van der Waals surface area contributed by atoms with Crippen LogP contribution in [0.2, 0.25) is 0 Å². The maximum atomic E-state index is 12.5. The van der Waals surface area contributed by atoms with Crippen molar-refractivity contribution < 1.29 is 17.9 Å². The number of pyridine rings is 1. The third kappa shape index (κ3) is 3.68. The monoisotopic (exact) mass is 348 g/mol. The lowest BCUT2D eigenvalue weighted by molar-refractivity contribution is -0.137. The van der Waals surface area contributed by atoms with Crippen molar-refractivity contribution in [2.45, 2.75) is 15.5 Å². The zero-order chi connectivity index (χ0) is 15.6. The molecule has 22 heavy (non-hydrogen) atoms. The van der Waals surface area contributed by atoms with Gasteiger partial charge in [0.25, 0.3) is 0 Å². The Labute approximate surface area is 132 Å². The summed E-state index contributed by atoms with van der Waals surface area (Å²) < 4.78 is 43.3. The molecule has 1 aliphatic rings. The summed E-state index contributed by atoms with van der Waals surface area (Å²) in [6.45, 7) is 2.83. The molecule has 0 N–H and O–H groups in total. The van der Waals surface area contributed by atoms with Crippen molar-refractivity contribution in [2.75, 3.05) is 31.2 Å². The molecule has 1 aliphatic heterocycles. The Kier molecular flexibility index (Phi) is 4.50. The number of hydrogen-bond acceptors (Lipinski definition) is 7. The molecule has 0 radical (unpaired) electrons. The molecule has 2 aromatic rings. The summed E-state index contributed by atoms with van der Waals surface area (Å²) in [6.07, 6.45) is -3.55. The summed E-state index contributed by atoms with van der Waals surface area (Å²) in [5.41, 5.74) is -0.761. The van der Waals surface area contributed by atoms with Gasteiger partial charge in [0.1, 0.15) is 5.03 Å². The smallest absolute Gasteiger partial charge is 0.378 e. The van der Waals surface area contributed by atoms with Gasteiger partial charge in [-0.05, 0) is 23.9 Å². The van der Waals surface area contributed by atoms with E-state index in [0.29, 0.717) is 22.6 Å². The summed E-state index contributed by atoms with van der Waals surface area (Å²) in [5, 5.41) is 9.39. The molecule has 3 heterocycles. The van der Waals surface area contributed by atoms with E-state index in [1.807, 2.05) is 0 Å². The van der Waals surface area contributed by atoms with Crippen LogP contribution in [0.3, 0.4) is 0 Å². The molecule has 0 aromatic carbocycles. The lowest BCUT2D eigenvalue weighted by Crippen LogP contribution is -2.36. The second-order valence-electron chi connectivity index (χ2n) is 4.43. The van der Waals surface area contributed by atoms with Crippen LogP contribution in [0.4, 0.5) is 18.3 Å². The lowest BCUT2D eigenvalue weighted by Gasteiger charge is -2.25. The Balaban J connectivity index is 1.67. The summed E-state index contributed by atoms with van der Waals surface area (Å²) in [7, 11) is 0. The van der Waals surface area contributed by atoms with Crippen LogP contribution < -0.4 is 4.90 Å². The summed E-state index contributed by atoms with van der Waals surface area (Å²) in [4.78, 5) is 5.89. The normalized spacial score (nSPS) is 16.0. The Bertz CT molecular complexity index is 626. The van der Waals surface area contributed by atoms with E-state index in [2.05, 4.69) is 20.1 Å². The highest BCUT2D eigenvalue weighted by Gasteiger charge is 2.30. The van der Waals surface area contributed by atoms with E-state index < -0.39 is 11.7 Å². The van der Waals surface area contributed by atoms with Crippen molar-refractivity contribution in [1.82, 2.24) is 15.2 Å². The van der Waals surface area contributed by atoms with Crippen molar-refractivity contribution >= 4 is 28.2 Å². The topological polar surface area (TPSA) is 51.1 Å². The number of nitrogens with zero attached hydrogens (tertiary/aromatic N) is 4. The molecule has 0 atom stereocenters. The van der Waals surface area contributed by atoms with Crippen LogP contribution in [0, 0.1) is 0 Å². The molecular formula is C12H11F3N4OS2.